The first-order valence-corrected chi connectivity index (χ1v) is 5.35. The number of halogens is 1. The Morgan fingerprint density at radius 2 is 2.36 bits per heavy atom. The predicted molar refractivity (Wildman–Crippen MR) is 59.2 cm³/mol. The molecule has 0 radical (unpaired) electrons. The molecular formula is C10H11BrN2O. The average molecular weight is 255 g/mol. The van der Waals surface area contributed by atoms with E-state index in [1.54, 1.807) is 4.90 Å². The van der Waals surface area contributed by atoms with E-state index in [2.05, 4.69) is 21.2 Å². The maximum absolute atomic E-state index is 11.5. The van der Waals surface area contributed by atoms with Gasteiger partial charge in [-0.1, -0.05) is 22.0 Å². The first-order chi connectivity index (χ1) is 6.72. The molecule has 4 heteroatoms. The van der Waals surface area contributed by atoms with Crippen LogP contribution in [0.4, 0.5) is 10.5 Å². The standard InChI is InChI=1S/C10H11BrN2O/c1-2-13-6-7-8(11)4-3-5-9(7)12-10(13)14/h3-5H,2,6H2,1H3,(H,12,14). The van der Waals surface area contributed by atoms with Crippen LogP contribution in [0.15, 0.2) is 22.7 Å². The highest BCUT2D eigenvalue weighted by Gasteiger charge is 2.22. The molecule has 74 valence electrons. The number of nitrogens with one attached hydrogen (secondary N) is 1. The van der Waals surface area contributed by atoms with Gasteiger partial charge in [0.1, 0.15) is 0 Å². The van der Waals surface area contributed by atoms with E-state index in [0.29, 0.717) is 6.54 Å². The third-order valence-electron chi connectivity index (χ3n) is 2.38. The minimum Gasteiger partial charge on any atom is -0.320 e. The Morgan fingerprint density at radius 3 is 3.07 bits per heavy atom. The summed E-state index contributed by atoms with van der Waals surface area (Å²) in [6.45, 7) is 3.38. The molecule has 0 saturated carbocycles. The van der Waals surface area contributed by atoms with Crippen LogP contribution < -0.4 is 5.32 Å². The van der Waals surface area contributed by atoms with Gasteiger partial charge in [-0.15, -0.1) is 0 Å². The molecule has 0 aromatic heterocycles. The van der Waals surface area contributed by atoms with Crippen molar-refractivity contribution in [2.75, 3.05) is 11.9 Å². The molecule has 14 heavy (non-hydrogen) atoms. The second-order valence-electron chi connectivity index (χ2n) is 3.21. The van der Waals surface area contributed by atoms with Gasteiger partial charge in [-0.2, -0.15) is 0 Å². The van der Waals surface area contributed by atoms with E-state index in [9.17, 15) is 4.79 Å². The second-order valence-corrected chi connectivity index (χ2v) is 4.06. The number of nitrogens with zero attached hydrogens (tertiary/aromatic N) is 1. The van der Waals surface area contributed by atoms with Gasteiger partial charge in [-0.05, 0) is 19.1 Å². The van der Waals surface area contributed by atoms with Gasteiger partial charge in [0.15, 0.2) is 0 Å². The summed E-state index contributed by atoms with van der Waals surface area (Å²) in [5, 5.41) is 2.86. The number of carbonyl (C=O) groups is 1. The molecule has 0 aliphatic carbocycles. The minimum atomic E-state index is -0.0156. The van der Waals surface area contributed by atoms with Crippen LogP contribution in [0.3, 0.4) is 0 Å². The predicted octanol–water partition coefficient (Wildman–Crippen LogP) is 2.82. The Bertz CT molecular complexity index is 378. The molecule has 2 amide bonds. The van der Waals surface area contributed by atoms with Crippen LogP contribution >= 0.6 is 15.9 Å². The summed E-state index contributed by atoms with van der Waals surface area (Å²) < 4.78 is 1.05. The van der Waals surface area contributed by atoms with Crippen molar-refractivity contribution in [3.8, 4) is 0 Å². The summed E-state index contributed by atoms with van der Waals surface area (Å²) >= 11 is 3.48. The molecule has 1 aliphatic heterocycles. The summed E-state index contributed by atoms with van der Waals surface area (Å²) in [6, 6.07) is 5.82. The van der Waals surface area contributed by atoms with Crippen LogP contribution in [0.1, 0.15) is 12.5 Å². The molecule has 0 saturated heterocycles. The third-order valence-corrected chi connectivity index (χ3v) is 3.12. The van der Waals surface area contributed by atoms with E-state index in [4.69, 9.17) is 0 Å². The van der Waals surface area contributed by atoms with Gasteiger partial charge in [-0.3, -0.25) is 0 Å². The van der Waals surface area contributed by atoms with Crippen LogP contribution in [-0.2, 0) is 6.54 Å². The number of hydrogen-bond donors (Lipinski definition) is 1. The van der Waals surface area contributed by atoms with Crippen molar-refractivity contribution in [1.82, 2.24) is 4.90 Å². The zero-order valence-electron chi connectivity index (χ0n) is 7.88. The monoisotopic (exact) mass is 254 g/mol. The van der Waals surface area contributed by atoms with Crippen molar-refractivity contribution < 1.29 is 4.79 Å². The highest BCUT2D eigenvalue weighted by atomic mass is 79.9. The highest BCUT2D eigenvalue weighted by Crippen LogP contribution is 2.29. The smallest absolute Gasteiger partial charge is 0.320 e. The van der Waals surface area contributed by atoms with Gasteiger partial charge in [-0.25, -0.2) is 4.79 Å². The molecule has 3 nitrogen and oxygen atoms in total. The molecule has 0 atom stereocenters. The molecule has 1 heterocycles. The van der Waals surface area contributed by atoms with E-state index >= 15 is 0 Å². The van der Waals surface area contributed by atoms with E-state index < -0.39 is 0 Å². The summed E-state index contributed by atoms with van der Waals surface area (Å²) in [5.74, 6) is 0. The van der Waals surface area contributed by atoms with Gasteiger partial charge < -0.3 is 10.2 Å². The molecule has 1 aromatic carbocycles. The number of anilines is 1. The van der Waals surface area contributed by atoms with Gasteiger partial charge in [0, 0.05) is 22.3 Å². The molecule has 0 unspecified atom stereocenters. The van der Waals surface area contributed by atoms with Crippen molar-refractivity contribution >= 4 is 27.6 Å². The Labute approximate surface area is 91.2 Å². The number of rotatable bonds is 1. The molecule has 0 spiro atoms. The Hall–Kier alpha value is -1.03. The zero-order valence-corrected chi connectivity index (χ0v) is 9.47. The summed E-state index contributed by atoms with van der Waals surface area (Å²) in [6.07, 6.45) is 0. The largest absolute Gasteiger partial charge is 0.322 e. The van der Waals surface area contributed by atoms with Crippen LogP contribution in [0.2, 0.25) is 0 Å². The van der Waals surface area contributed by atoms with E-state index in [1.165, 1.54) is 0 Å². The first kappa shape index (κ1) is 9.52. The summed E-state index contributed by atoms with van der Waals surface area (Å²) in [5.41, 5.74) is 2.06. The molecule has 1 aliphatic rings. The topological polar surface area (TPSA) is 32.3 Å². The highest BCUT2D eigenvalue weighted by molar-refractivity contribution is 9.10. The SMILES string of the molecule is CCN1Cc2c(Br)cccc2NC1=O. The molecule has 1 N–H and O–H groups in total. The van der Waals surface area contributed by atoms with Crippen molar-refractivity contribution in [2.45, 2.75) is 13.5 Å². The van der Waals surface area contributed by atoms with Crippen molar-refractivity contribution in [2.24, 2.45) is 0 Å². The lowest BCUT2D eigenvalue weighted by Crippen LogP contribution is -2.38. The number of urea groups is 1. The maximum Gasteiger partial charge on any atom is 0.322 e. The van der Waals surface area contributed by atoms with Crippen molar-refractivity contribution in [3.63, 3.8) is 0 Å². The molecule has 2 rings (SSSR count). The Kier molecular flexibility index (Phi) is 2.46. The van der Waals surface area contributed by atoms with Crippen LogP contribution in [0, 0.1) is 0 Å². The lowest BCUT2D eigenvalue weighted by atomic mass is 10.1. The summed E-state index contributed by atoms with van der Waals surface area (Å²) in [4.78, 5) is 13.3. The van der Waals surface area contributed by atoms with Crippen LogP contribution in [-0.4, -0.2) is 17.5 Å². The minimum absolute atomic E-state index is 0.0156. The lowest BCUT2D eigenvalue weighted by molar-refractivity contribution is 0.209. The fourth-order valence-electron chi connectivity index (χ4n) is 1.55. The average Bonchev–Trinajstić information content (AvgIpc) is 2.17. The van der Waals surface area contributed by atoms with E-state index in [-0.39, 0.29) is 6.03 Å². The normalized spacial score (nSPS) is 15.0. The van der Waals surface area contributed by atoms with Gasteiger partial charge in [0.25, 0.3) is 0 Å². The van der Waals surface area contributed by atoms with Crippen molar-refractivity contribution in [3.05, 3.63) is 28.2 Å². The van der Waals surface area contributed by atoms with Gasteiger partial charge in [0.05, 0.1) is 6.54 Å². The number of carbonyl (C=O) groups excluding carboxylic acids is 1. The summed E-state index contributed by atoms with van der Waals surface area (Å²) in [7, 11) is 0. The van der Waals surface area contributed by atoms with Crippen LogP contribution in [0.5, 0.6) is 0 Å². The molecule has 0 bridgehead atoms. The first-order valence-electron chi connectivity index (χ1n) is 4.55. The zero-order chi connectivity index (χ0) is 10.1. The molecule has 0 fully saturated rings. The Morgan fingerprint density at radius 1 is 1.57 bits per heavy atom. The third kappa shape index (κ3) is 1.50. The van der Waals surface area contributed by atoms with E-state index in [1.807, 2.05) is 25.1 Å². The van der Waals surface area contributed by atoms with E-state index in [0.717, 1.165) is 22.3 Å². The number of hydrogen-bond acceptors (Lipinski definition) is 1. The van der Waals surface area contributed by atoms with Crippen molar-refractivity contribution in [1.29, 1.82) is 0 Å². The fraction of sp³-hybridized carbons (Fsp3) is 0.300. The number of fused-ring (bicyclic) bond motifs is 1. The quantitative estimate of drug-likeness (QED) is 0.822. The molecule has 1 aromatic rings. The van der Waals surface area contributed by atoms with Crippen LogP contribution in [0.25, 0.3) is 0 Å². The number of benzene rings is 1. The maximum atomic E-state index is 11.5. The Balaban J connectivity index is 2.40. The molecular weight excluding hydrogens is 244 g/mol. The lowest BCUT2D eigenvalue weighted by Gasteiger charge is -2.28. The fourth-order valence-corrected chi connectivity index (χ4v) is 2.04. The number of amides is 2. The van der Waals surface area contributed by atoms with Gasteiger partial charge in [0.2, 0.25) is 0 Å². The van der Waals surface area contributed by atoms with Gasteiger partial charge >= 0.3 is 6.03 Å². The second kappa shape index (κ2) is 3.61.